The summed E-state index contributed by atoms with van der Waals surface area (Å²) in [7, 11) is 0. The number of likely N-dealkylation sites (tertiary alicyclic amines) is 1. The van der Waals surface area contributed by atoms with Crippen LogP contribution < -0.4 is 5.32 Å². The lowest BCUT2D eigenvalue weighted by Gasteiger charge is -2.30. The zero-order chi connectivity index (χ0) is 23.4. The lowest BCUT2D eigenvalue weighted by atomic mass is 9.77. The predicted molar refractivity (Wildman–Crippen MR) is 116 cm³/mol. The van der Waals surface area contributed by atoms with Crippen LogP contribution in [0, 0.1) is 5.92 Å². The number of hydrogen-bond donors (Lipinski definition) is 1. The number of alkyl halides is 3. The maximum Gasteiger partial charge on any atom is 0.417 e. The molecule has 0 atom stereocenters. The molecule has 1 saturated carbocycles. The third kappa shape index (κ3) is 5.58. The van der Waals surface area contributed by atoms with Crippen molar-refractivity contribution in [2.75, 3.05) is 26.2 Å². The molecule has 1 aliphatic heterocycles. The van der Waals surface area contributed by atoms with Crippen LogP contribution in [0.15, 0.2) is 36.4 Å². The van der Waals surface area contributed by atoms with E-state index in [0.717, 1.165) is 31.4 Å². The van der Waals surface area contributed by atoms with Gasteiger partial charge in [-0.15, -0.1) is 5.10 Å². The number of rotatable bonds is 7. The molecule has 2 heterocycles. The van der Waals surface area contributed by atoms with Gasteiger partial charge in [0.1, 0.15) is 0 Å². The molecule has 1 amide bonds. The fourth-order valence-corrected chi connectivity index (χ4v) is 4.52. The molecular formula is C24H27F3N4O2. The number of aromatic nitrogens is 2. The average Bonchev–Trinajstić information content (AvgIpc) is 2.80. The van der Waals surface area contributed by atoms with Crippen molar-refractivity contribution in [3.05, 3.63) is 58.9 Å². The van der Waals surface area contributed by atoms with E-state index < -0.39 is 23.4 Å². The molecule has 176 valence electrons. The van der Waals surface area contributed by atoms with Crippen molar-refractivity contribution in [3.8, 4) is 0 Å². The summed E-state index contributed by atoms with van der Waals surface area (Å²) in [6, 6.07) is 8.41. The Morgan fingerprint density at radius 3 is 2.33 bits per heavy atom. The smallest absolute Gasteiger partial charge is 0.349 e. The molecule has 1 aromatic carbocycles. The van der Waals surface area contributed by atoms with Crippen LogP contribution in [-0.2, 0) is 6.18 Å². The minimum absolute atomic E-state index is 0.0722. The van der Waals surface area contributed by atoms with Crippen molar-refractivity contribution in [2.24, 2.45) is 5.92 Å². The van der Waals surface area contributed by atoms with Crippen LogP contribution in [0.5, 0.6) is 0 Å². The molecule has 33 heavy (non-hydrogen) atoms. The highest BCUT2D eigenvalue weighted by Gasteiger charge is 2.37. The first kappa shape index (κ1) is 23.4. The molecule has 1 saturated heterocycles. The van der Waals surface area contributed by atoms with Crippen molar-refractivity contribution < 1.29 is 22.8 Å². The Balaban J connectivity index is 1.31. The summed E-state index contributed by atoms with van der Waals surface area (Å²) in [6.07, 6.45) is -1.08. The van der Waals surface area contributed by atoms with Crippen LogP contribution in [0.2, 0.25) is 0 Å². The highest BCUT2D eigenvalue weighted by atomic mass is 19.4. The fraction of sp³-hybridized carbons (Fsp3) is 0.500. The topological polar surface area (TPSA) is 75.2 Å². The third-order valence-electron chi connectivity index (χ3n) is 6.59. The number of ketones is 1. The van der Waals surface area contributed by atoms with E-state index >= 15 is 0 Å². The summed E-state index contributed by atoms with van der Waals surface area (Å²) in [5, 5.41) is 11.1. The van der Waals surface area contributed by atoms with Gasteiger partial charge in [-0.1, -0.05) is 18.2 Å². The van der Waals surface area contributed by atoms with E-state index in [1.807, 2.05) is 0 Å². The van der Waals surface area contributed by atoms with Crippen molar-refractivity contribution >= 4 is 11.7 Å². The van der Waals surface area contributed by atoms with Gasteiger partial charge in [-0.05, 0) is 63.4 Å². The maximum absolute atomic E-state index is 13.3. The number of Topliss-reactive ketones (excluding diaryl/α,β-unsaturated/α-hetero) is 1. The molecule has 1 N–H and O–H groups in total. The molecule has 2 aromatic rings. The fourth-order valence-electron chi connectivity index (χ4n) is 4.52. The van der Waals surface area contributed by atoms with Gasteiger partial charge < -0.3 is 10.2 Å². The van der Waals surface area contributed by atoms with E-state index in [2.05, 4.69) is 20.4 Å². The summed E-state index contributed by atoms with van der Waals surface area (Å²) in [6.45, 7) is 3.55. The van der Waals surface area contributed by atoms with Crippen LogP contribution in [0.25, 0.3) is 0 Å². The van der Waals surface area contributed by atoms with Crippen LogP contribution >= 0.6 is 0 Å². The van der Waals surface area contributed by atoms with Crippen LogP contribution in [0.4, 0.5) is 13.2 Å². The highest BCUT2D eigenvalue weighted by Crippen LogP contribution is 2.38. The molecule has 9 heteroatoms. The second-order valence-electron chi connectivity index (χ2n) is 8.75. The number of nitrogens with one attached hydrogen (secondary N) is 1. The number of hydrogen-bond acceptors (Lipinski definition) is 5. The normalized spacial score (nSPS) is 21.3. The first-order valence-electron chi connectivity index (χ1n) is 11.4. The second kappa shape index (κ2) is 9.99. The third-order valence-corrected chi connectivity index (χ3v) is 6.59. The van der Waals surface area contributed by atoms with Crippen LogP contribution in [0.1, 0.15) is 70.1 Å². The van der Waals surface area contributed by atoms with Gasteiger partial charge in [-0.3, -0.25) is 9.59 Å². The molecule has 0 bridgehead atoms. The first-order valence-corrected chi connectivity index (χ1v) is 11.4. The van der Waals surface area contributed by atoms with E-state index in [4.69, 9.17) is 0 Å². The van der Waals surface area contributed by atoms with E-state index in [9.17, 15) is 22.8 Å². The average molecular weight is 461 g/mol. The molecule has 1 aromatic heterocycles. The van der Waals surface area contributed by atoms with Gasteiger partial charge >= 0.3 is 6.18 Å². The molecule has 0 radical (unpaired) electrons. The van der Waals surface area contributed by atoms with Crippen molar-refractivity contribution in [1.29, 1.82) is 0 Å². The first-order chi connectivity index (χ1) is 15.8. The van der Waals surface area contributed by atoms with Gasteiger partial charge in [0.05, 0.1) is 11.3 Å². The number of amides is 1. The van der Waals surface area contributed by atoms with Crippen molar-refractivity contribution in [2.45, 2.75) is 44.2 Å². The minimum Gasteiger partial charge on any atom is -0.349 e. The number of carbonyl (C=O) groups is 2. The monoisotopic (exact) mass is 460 g/mol. The van der Waals surface area contributed by atoms with Gasteiger partial charge in [-0.25, -0.2) is 0 Å². The van der Waals surface area contributed by atoms with E-state index in [0.29, 0.717) is 32.2 Å². The molecule has 0 spiro atoms. The van der Waals surface area contributed by atoms with Gasteiger partial charge in [0.25, 0.3) is 5.91 Å². The maximum atomic E-state index is 13.3. The molecule has 6 nitrogen and oxygen atoms in total. The number of benzene rings is 1. The zero-order valence-corrected chi connectivity index (χ0v) is 18.3. The summed E-state index contributed by atoms with van der Waals surface area (Å²) < 4.78 is 39.8. The second-order valence-corrected chi connectivity index (χ2v) is 8.75. The number of nitrogens with zero attached hydrogens (tertiary/aromatic N) is 3. The molecule has 1 aliphatic carbocycles. The summed E-state index contributed by atoms with van der Waals surface area (Å²) in [5.74, 6) is -1.07. The largest absolute Gasteiger partial charge is 0.417 e. The van der Waals surface area contributed by atoms with Crippen LogP contribution in [0.3, 0.4) is 0 Å². The number of halogens is 3. The standard InChI is InChI=1S/C24H27F3N4O2/c25-24(26,27)19-5-2-1-4-18(19)22(32)17-8-6-16(7-9-17)20-10-11-21(30-29-20)23(33)28-12-15-31-13-3-14-31/h1-2,4-5,10-11,16-17H,3,6-9,12-15H2,(H,28,33). The Labute approximate surface area is 190 Å². The van der Waals surface area contributed by atoms with Gasteiger partial charge in [0.15, 0.2) is 11.5 Å². The Bertz CT molecular complexity index is 982. The molecule has 4 rings (SSSR count). The molecular weight excluding hydrogens is 433 g/mol. The number of carbonyl (C=O) groups excluding carboxylic acids is 2. The quantitative estimate of drug-likeness (QED) is 0.630. The Morgan fingerprint density at radius 2 is 1.73 bits per heavy atom. The Kier molecular flexibility index (Phi) is 7.07. The van der Waals surface area contributed by atoms with E-state index in [1.165, 1.54) is 24.6 Å². The Morgan fingerprint density at radius 1 is 1.00 bits per heavy atom. The van der Waals surface area contributed by atoms with E-state index in [1.54, 1.807) is 12.1 Å². The van der Waals surface area contributed by atoms with Gasteiger partial charge in [0, 0.05) is 30.5 Å². The molecule has 2 aliphatic rings. The summed E-state index contributed by atoms with van der Waals surface area (Å²) in [4.78, 5) is 27.3. The van der Waals surface area contributed by atoms with E-state index in [-0.39, 0.29) is 23.1 Å². The van der Waals surface area contributed by atoms with Gasteiger partial charge in [-0.2, -0.15) is 18.3 Å². The van der Waals surface area contributed by atoms with Crippen molar-refractivity contribution in [1.82, 2.24) is 20.4 Å². The highest BCUT2D eigenvalue weighted by molar-refractivity contribution is 5.99. The zero-order valence-electron chi connectivity index (χ0n) is 18.3. The SMILES string of the molecule is O=C(NCCN1CCC1)c1ccc(C2CCC(C(=O)c3ccccc3C(F)(F)F)CC2)nn1. The molecule has 0 unspecified atom stereocenters. The van der Waals surface area contributed by atoms with Crippen LogP contribution in [-0.4, -0.2) is 53.0 Å². The minimum atomic E-state index is -4.55. The predicted octanol–water partition coefficient (Wildman–Crippen LogP) is 4.09. The lowest BCUT2D eigenvalue weighted by Crippen LogP contribution is -2.42. The van der Waals surface area contributed by atoms with Crippen molar-refractivity contribution in [3.63, 3.8) is 0 Å². The summed E-state index contributed by atoms with van der Waals surface area (Å²) >= 11 is 0. The Hall–Kier alpha value is -2.81. The molecule has 2 fully saturated rings. The lowest BCUT2D eigenvalue weighted by molar-refractivity contribution is -0.138. The summed E-state index contributed by atoms with van der Waals surface area (Å²) in [5.41, 5.74) is -0.122. The van der Waals surface area contributed by atoms with Gasteiger partial charge in [0.2, 0.25) is 0 Å².